The number of ether oxygens (including phenoxy) is 1. The van der Waals surface area contributed by atoms with Gasteiger partial charge in [-0.1, -0.05) is 69.9 Å². The van der Waals surface area contributed by atoms with Crippen LogP contribution in [0.3, 0.4) is 0 Å². The van der Waals surface area contributed by atoms with E-state index >= 15 is 0 Å². The van der Waals surface area contributed by atoms with E-state index in [1.165, 1.54) is 38.5 Å². The van der Waals surface area contributed by atoms with Crippen LogP contribution in [0.15, 0.2) is 46.4 Å². The van der Waals surface area contributed by atoms with Gasteiger partial charge in [-0.3, -0.25) is 9.98 Å². The maximum absolute atomic E-state index is 10.3. The van der Waals surface area contributed by atoms with Gasteiger partial charge in [0.05, 0.1) is 18.7 Å². The number of nitrogens with zero attached hydrogens (tertiary/aromatic N) is 2. The second-order valence-corrected chi connectivity index (χ2v) is 9.73. The van der Waals surface area contributed by atoms with E-state index in [1.54, 1.807) is 24.6 Å². The second kappa shape index (κ2) is 14.6. The van der Waals surface area contributed by atoms with Crippen LogP contribution < -0.4 is 4.74 Å². The van der Waals surface area contributed by atoms with E-state index in [2.05, 4.69) is 6.92 Å². The van der Waals surface area contributed by atoms with Crippen LogP contribution in [0.25, 0.3) is 0 Å². The van der Waals surface area contributed by atoms with Crippen molar-refractivity contribution in [2.24, 2.45) is 9.98 Å². The number of phenolic OH excluding ortho intramolecular Hbond substituents is 2. The highest BCUT2D eigenvalue weighted by molar-refractivity contribution is 5.85. The molecule has 1 aliphatic rings. The number of aromatic hydroxyl groups is 2. The Hall–Kier alpha value is -2.82. The zero-order valence-corrected chi connectivity index (χ0v) is 21.5. The predicted octanol–water partition coefficient (Wildman–Crippen LogP) is 7.38. The molecule has 0 amide bonds. The second-order valence-electron chi connectivity index (χ2n) is 9.73. The minimum Gasteiger partial charge on any atom is -0.507 e. The van der Waals surface area contributed by atoms with E-state index in [0.717, 1.165) is 49.0 Å². The summed E-state index contributed by atoms with van der Waals surface area (Å²) in [6, 6.07) is 11.0. The molecular formula is C30H42N2O3. The highest BCUT2D eigenvalue weighted by Gasteiger charge is 2.23. The monoisotopic (exact) mass is 478 g/mol. The van der Waals surface area contributed by atoms with E-state index in [9.17, 15) is 10.2 Å². The molecule has 0 saturated heterocycles. The van der Waals surface area contributed by atoms with E-state index < -0.39 is 0 Å². The molecule has 0 bridgehead atoms. The molecule has 0 unspecified atom stereocenters. The lowest BCUT2D eigenvalue weighted by molar-refractivity contribution is 0.303. The largest absolute Gasteiger partial charge is 0.507 e. The molecule has 3 rings (SSSR count). The number of rotatable bonds is 13. The quantitative estimate of drug-likeness (QED) is 0.233. The van der Waals surface area contributed by atoms with Crippen LogP contribution in [-0.2, 0) is 0 Å². The molecule has 1 saturated carbocycles. The third-order valence-electron chi connectivity index (χ3n) is 6.70. The number of phenols is 2. The molecule has 190 valence electrons. The fourth-order valence-corrected chi connectivity index (χ4v) is 4.54. The van der Waals surface area contributed by atoms with Crippen LogP contribution in [0.5, 0.6) is 17.2 Å². The van der Waals surface area contributed by atoms with Crippen LogP contribution >= 0.6 is 0 Å². The standard InChI is InChI=1S/C30H42N2O3/c1-3-4-5-6-7-8-11-18-35-26-15-17-30(34)25(20-26)22-32-28-13-10-9-12-27(28)31-21-24-19-23(2)14-16-29(24)33/h14-17,19-22,27-28,33-34H,3-13,18H2,1-2H3/t27-,28-/m1/s1. The van der Waals surface area contributed by atoms with Gasteiger partial charge in [-0.25, -0.2) is 0 Å². The Balaban J connectivity index is 1.56. The molecule has 1 fully saturated rings. The zero-order chi connectivity index (χ0) is 24.9. The fraction of sp³-hybridized carbons (Fsp3) is 0.533. The van der Waals surface area contributed by atoms with Crippen molar-refractivity contribution in [1.29, 1.82) is 0 Å². The zero-order valence-electron chi connectivity index (χ0n) is 21.5. The molecule has 0 aromatic heterocycles. The van der Waals surface area contributed by atoms with Gasteiger partial charge in [-0.05, 0) is 56.5 Å². The Kier molecular flexibility index (Phi) is 11.1. The van der Waals surface area contributed by atoms with Gasteiger partial charge in [0, 0.05) is 23.6 Å². The Morgan fingerprint density at radius 1 is 0.800 bits per heavy atom. The van der Waals surface area contributed by atoms with Crippen LogP contribution in [-0.4, -0.2) is 41.3 Å². The minimum atomic E-state index is 0.0589. The van der Waals surface area contributed by atoms with Gasteiger partial charge < -0.3 is 14.9 Å². The Morgan fingerprint density at radius 2 is 1.37 bits per heavy atom. The van der Waals surface area contributed by atoms with Crippen molar-refractivity contribution in [3.8, 4) is 17.2 Å². The summed E-state index contributed by atoms with van der Waals surface area (Å²) in [5.74, 6) is 1.22. The van der Waals surface area contributed by atoms with Gasteiger partial charge in [0.1, 0.15) is 17.2 Å². The van der Waals surface area contributed by atoms with Crippen molar-refractivity contribution in [1.82, 2.24) is 0 Å². The first-order valence-electron chi connectivity index (χ1n) is 13.4. The summed E-state index contributed by atoms with van der Waals surface area (Å²) in [6.07, 6.45) is 16.5. The van der Waals surface area contributed by atoms with Crippen LogP contribution in [0.4, 0.5) is 0 Å². The highest BCUT2D eigenvalue weighted by Crippen LogP contribution is 2.27. The fourth-order valence-electron chi connectivity index (χ4n) is 4.54. The number of benzene rings is 2. The lowest BCUT2D eigenvalue weighted by Crippen LogP contribution is -2.27. The van der Waals surface area contributed by atoms with E-state index in [0.29, 0.717) is 12.2 Å². The average molecular weight is 479 g/mol. The van der Waals surface area contributed by atoms with Crippen molar-refractivity contribution in [3.05, 3.63) is 53.1 Å². The smallest absolute Gasteiger partial charge is 0.124 e. The van der Waals surface area contributed by atoms with Crippen molar-refractivity contribution >= 4 is 12.4 Å². The average Bonchev–Trinajstić information content (AvgIpc) is 2.86. The molecule has 1 aliphatic carbocycles. The van der Waals surface area contributed by atoms with Gasteiger partial charge in [0.2, 0.25) is 0 Å². The maximum Gasteiger partial charge on any atom is 0.124 e. The summed E-state index contributed by atoms with van der Waals surface area (Å²) in [4.78, 5) is 9.60. The molecule has 5 heteroatoms. The van der Waals surface area contributed by atoms with Gasteiger partial charge >= 0.3 is 0 Å². The molecule has 2 N–H and O–H groups in total. The van der Waals surface area contributed by atoms with Crippen LogP contribution in [0.1, 0.15) is 94.2 Å². The third kappa shape index (κ3) is 9.04. The van der Waals surface area contributed by atoms with Crippen LogP contribution in [0.2, 0.25) is 0 Å². The van der Waals surface area contributed by atoms with Gasteiger partial charge in [0.15, 0.2) is 0 Å². The number of aliphatic imine (C=N–C) groups is 2. The number of unbranched alkanes of at least 4 members (excludes halogenated alkanes) is 6. The van der Waals surface area contributed by atoms with Crippen molar-refractivity contribution < 1.29 is 14.9 Å². The number of aryl methyl sites for hydroxylation is 1. The lowest BCUT2D eigenvalue weighted by Gasteiger charge is -2.25. The number of hydrogen-bond acceptors (Lipinski definition) is 5. The number of hydrogen-bond donors (Lipinski definition) is 2. The Morgan fingerprint density at radius 3 is 2.03 bits per heavy atom. The normalized spacial score (nSPS) is 18.5. The molecule has 35 heavy (non-hydrogen) atoms. The first-order valence-corrected chi connectivity index (χ1v) is 13.4. The van der Waals surface area contributed by atoms with E-state index in [-0.39, 0.29) is 23.6 Å². The minimum absolute atomic E-state index is 0.0589. The first kappa shape index (κ1) is 26.8. The van der Waals surface area contributed by atoms with Gasteiger partial charge in [-0.2, -0.15) is 0 Å². The summed E-state index contributed by atoms with van der Waals surface area (Å²) < 4.78 is 5.93. The highest BCUT2D eigenvalue weighted by atomic mass is 16.5. The molecule has 2 aromatic rings. The molecule has 0 spiro atoms. The third-order valence-corrected chi connectivity index (χ3v) is 6.70. The van der Waals surface area contributed by atoms with E-state index in [1.807, 2.05) is 31.2 Å². The predicted molar refractivity (Wildman–Crippen MR) is 146 cm³/mol. The summed E-state index contributed by atoms with van der Waals surface area (Å²) >= 11 is 0. The molecule has 2 atom stereocenters. The SMILES string of the molecule is CCCCCCCCCOc1ccc(O)c(C=N[C@@H]2CCCC[C@H]2N=Cc2cc(C)ccc2O)c1. The van der Waals surface area contributed by atoms with Crippen molar-refractivity contribution in [3.63, 3.8) is 0 Å². The molecule has 2 aromatic carbocycles. The molecule has 5 nitrogen and oxygen atoms in total. The van der Waals surface area contributed by atoms with E-state index in [4.69, 9.17) is 14.7 Å². The van der Waals surface area contributed by atoms with Crippen molar-refractivity contribution in [2.45, 2.75) is 96.6 Å². The molecule has 0 aliphatic heterocycles. The summed E-state index contributed by atoms with van der Waals surface area (Å²) in [5.41, 5.74) is 2.50. The lowest BCUT2D eigenvalue weighted by atomic mass is 9.91. The Bertz CT molecular complexity index is 970. The summed E-state index contributed by atoms with van der Waals surface area (Å²) in [7, 11) is 0. The van der Waals surface area contributed by atoms with Crippen molar-refractivity contribution in [2.75, 3.05) is 6.61 Å². The topological polar surface area (TPSA) is 74.4 Å². The van der Waals surface area contributed by atoms with Gasteiger partial charge in [-0.15, -0.1) is 0 Å². The molecule has 0 heterocycles. The van der Waals surface area contributed by atoms with Gasteiger partial charge in [0.25, 0.3) is 0 Å². The first-order chi connectivity index (χ1) is 17.1. The Labute approximate surface area is 211 Å². The summed E-state index contributed by atoms with van der Waals surface area (Å²) in [5, 5.41) is 20.5. The maximum atomic E-state index is 10.3. The van der Waals surface area contributed by atoms with Crippen LogP contribution in [0, 0.1) is 6.92 Å². The molecule has 0 radical (unpaired) electrons. The molecular weight excluding hydrogens is 436 g/mol. The summed E-state index contributed by atoms with van der Waals surface area (Å²) in [6.45, 7) is 4.94.